The van der Waals surface area contributed by atoms with E-state index in [1.807, 2.05) is 13.8 Å². The van der Waals surface area contributed by atoms with Crippen molar-refractivity contribution in [1.29, 1.82) is 0 Å². The number of aromatic hydroxyl groups is 1. The van der Waals surface area contributed by atoms with Gasteiger partial charge in [-0.25, -0.2) is 4.79 Å². The lowest BCUT2D eigenvalue weighted by atomic mass is 9.95. The Morgan fingerprint density at radius 1 is 0.966 bits per heavy atom. The molecule has 156 valence electrons. The van der Waals surface area contributed by atoms with Crippen molar-refractivity contribution < 1.29 is 28.9 Å². The summed E-state index contributed by atoms with van der Waals surface area (Å²) in [4.78, 5) is 26.4. The van der Waals surface area contributed by atoms with Crippen LogP contribution in [0.25, 0.3) is 0 Å². The average Bonchev–Trinajstić information content (AvgIpc) is 2.71. The van der Waals surface area contributed by atoms with E-state index < -0.39 is 18.1 Å². The van der Waals surface area contributed by atoms with Gasteiger partial charge >= 0.3 is 12.1 Å². The maximum atomic E-state index is 13.0. The van der Waals surface area contributed by atoms with E-state index in [1.165, 1.54) is 12.0 Å². The summed E-state index contributed by atoms with van der Waals surface area (Å²) in [5.41, 5.74) is 0.784. The lowest BCUT2D eigenvalue weighted by molar-refractivity contribution is -0.142. The van der Waals surface area contributed by atoms with Gasteiger partial charge in [-0.3, -0.25) is 9.69 Å². The second-order valence-corrected chi connectivity index (χ2v) is 6.98. The van der Waals surface area contributed by atoms with Crippen LogP contribution in [-0.4, -0.2) is 42.8 Å². The van der Waals surface area contributed by atoms with Crippen LogP contribution in [0.4, 0.5) is 4.79 Å². The molecular weight excluding hydrogens is 374 g/mol. The Kier molecular flexibility index (Phi) is 7.88. The number of methoxy groups -OCH3 is 2. The summed E-state index contributed by atoms with van der Waals surface area (Å²) in [5, 5.41) is 9.60. The van der Waals surface area contributed by atoms with E-state index in [4.69, 9.17) is 14.2 Å². The van der Waals surface area contributed by atoms with Gasteiger partial charge in [-0.05, 0) is 54.3 Å². The van der Waals surface area contributed by atoms with Crippen LogP contribution in [-0.2, 0) is 9.53 Å². The van der Waals surface area contributed by atoms with E-state index in [1.54, 1.807) is 55.6 Å². The zero-order valence-electron chi connectivity index (χ0n) is 17.1. The number of phenolic OH excluding ortho intramolecular Hbond substituents is 1. The fourth-order valence-corrected chi connectivity index (χ4v) is 2.90. The van der Waals surface area contributed by atoms with E-state index in [0.29, 0.717) is 17.9 Å². The minimum absolute atomic E-state index is 0.123. The van der Waals surface area contributed by atoms with Crippen molar-refractivity contribution in [2.45, 2.75) is 26.3 Å². The number of carbonyl (C=O) groups excluding carboxylic acids is 2. The average molecular weight is 401 g/mol. The number of hydrogen-bond acceptors (Lipinski definition) is 6. The van der Waals surface area contributed by atoms with Crippen molar-refractivity contribution in [2.24, 2.45) is 5.92 Å². The summed E-state index contributed by atoms with van der Waals surface area (Å²) in [7, 11) is 2.82. The van der Waals surface area contributed by atoms with E-state index in [2.05, 4.69) is 0 Å². The van der Waals surface area contributed by atoms with Crippen molar-refractivity contribution in [3.8, 4) is 17.2 Å². The quantitative estimate of drug-likeness (QED) is 0.669. The van der Waals surface area contributed by atoms with Crippen LogP contribution in [0.5, 0.6) is 17.2 Å². The zero-order chi connectivity index (χ0) is 21.4. The smallest absolute Gasteiger partial charge is 0.416 e. The highest BCUT2D eigenvalue weighted by Crippen LogP contribution is 2.30. The molecule has 0 saturated carbocycles. The van der Waals surface area contributed by atoms with Gasteiger partial charge in [-0.2, -0.15) is 0 Å². The molecule has 7 nitrogen and oxygen atoms in total. The monoisotopic (exact) mass is 401 g/mol. The van der Waals surface area contributed by atoms with Crippen molar-refractivity contribution in [3.63, 3.8) is 0 Å². The number of nitrogens with zero attached hydrogens (tertiary/aromatic N) is 1. The molecule has 0 aromatic heterocycles. The molecule has 29 heavy (non-hydrogen) atoms. The minimum Gasteiger partial charge on any atom is -0.508 e. The van der Waals surface area contributed by atoms with Gasteiger partial charge in [0.1, 0.15) is 23.8 Å². The molecule has 2 aromatic carbocycles. The van der Waals surface area contributed by atoms with Crippen molar-refractivity contribution in [3.05, 3.63) is 54.1 Å². The molecule has 0 spiro atoms. The molecule has 2 aromatic rings. The number of phenols is 1. The van der Waals surface area contributed by atoms with Crippen LogP contribution in [0, 0.1) is 5.92 Å². The molecule has 0 aliphatic rings. The fraction of sp³-hybridized carbons (Fsp3) is 0.364. The predicted octanol–water partition coefficient (Wildman–Crippen LogP) is 4.16. The molecule has 0 bridgehead atoms. The number of rotatable bonds is 8. The molecule has 0 saturated heterocycles. The number of benzene rings is 2. The summed E-state index contributed by atoms with van der Waals surface area (Å²) in [5.74, 6) is 0.780. The highest BCUT2D eigenvalue weighted by molar-refractivity contribution is 5.79. The molecule has 0 aliphatic carbocycles. The highest BCUT2D eigenvalue weighted by atomic mass is 16.6. The van der Waals surface area contributed by atoms with Gasteiger partial charge in [0.15, 0.2) is 0 Å². The first kappa shape index (κ1) is 22.1. The zero-order valence-corrected chi connectivity index (χ0v) is 17.1. The second kappa shape index (κ2) is 10.4. The van der Waals surface area contributed by atoms with E-state index in [0.717, 1.165) is 5.56 Å². The van der Waals surface area contributed by atoms with Crippen LogP contribution in [0.3, 0.4) is 0 Å². The molecule has 0 fully saturated rings. The maximum Gasteiger partial charge on any atom is 0.416 e. The Morgan fingerprint density at radius 2 is 1.55 bits per heavy atom. The number of carbonyl (C=O) groups is 2. The lowest BCUT2D eigenvalue weighted by Crippen LogP contribution is -2.41. The van der Waals surface area contributed by atoms with Crippen LogP contribution < -0.4 is 9.47 Å². The summed E-state index contributed by atoms with van der Waals surface area (Å²) in [6.45, 7) is 3.79. The normalized spacial score (nSPS) is 11.6. The molecule has 2 rings (SSSR count). The highest BCUT2D eigenvalue weighted by Gasteiger charge is 2.30. The largest absolute Gasteiger partial charge is 0.508 e. The lowest BCUT2D eigenvalue weighted by Gasteiger charge is -2.31. The standard InChI is InChI=1S/C22H27NO6/c1-15(2)13-20(16-5-7-17(24)8-6-16)23(14-21(25)28-4)22(26)29-19-11-9-18(27-3)10-12-19/h5-12,15,20,24H,13-14H2,1-4H3. The molecule has 1 atom stereocenters. The van der Waals surface area contributed by atoms with Crippen molar-refractivity contribution >= 4 is 12.1 Å². The van der Waals surface area contributed by atoms with Gasteiger partial charge in [0.05, 0.1) is 20.3 Å². The Hall–Kier alpha value is -3.22. The van der Waals surface area contributed by atoms with Crippen molar-refractivity contribution in [2.75, 3.05) is 20.8 Å². The van der Waals surface area contributed by atoms with Crippen LogP contribution in [0.1, 0.15) is 31.9 Å². The first-order valence-corrected chi connectivity index (χ1v) is 9.32. The number of hydrogen-bond donors (Lipinski definition) is 1. The molecule has 0 heterocycles. The van der Waals surface area contributed by atoms with Crippen LogP contribution in [0.15, 0.2) is 48.5 Å². The third-order valence-corrected chi connectivity index (χ3v) is 4.37. The predicted molar refractivity (Wildman–Crippen MR) is 108 cm³/mol. The van der Waals surface area contributed by atoms with E-state index in [9.17, 15) is 14.7 Å². The topological polar surface area (TPSA) is 85.3 Å². The van der Waals surface area contributed by atoms with Gasteiger partial charge in [0.2, 0.25) is 0 Å². The molecule has 7 heteroatoms. The summed E-state index contributed by atoms with van der Waals surface area (Å²) < 4.78 is 15.4. The van der Waals surface area contributed by atoms with Gasteiger partial charge < -0.3 is 19.3 Å². The number of amides is 1. The Bertz CT molecular complexity index is 801. The maximum absolute atomic E-state index is 13.0. The number of esters is 1. The first-order chi connectivity index (χ1) is 13.8. The Labute approximate surface area is 170 Å². The molecule has 0 radical (unpaired) electrons. The van der Waals surface area contributed by atoms with Crippen LogP contribution in [0.2, 0.25) is 0 Å². The number of ether oxygens (including phenoxy) is 3. The Balaban J connectivity index is 2.33. The van der Waals surface area contributed by atoms with Gasteiger partial charge in [0.25, 0.3) is 0 Å². The molecule has 1 N–H and O–H groups in total. The van der Waals surface area contributed by atoms with E-state index >= 15 is 0 Å². The van der Waals surface area contributed by atoms with Crippen LogP contribution >= 0.6 is 0 Å². The van der Waals surface area contributed by atoms with Crippen molar-refractivity contribution in [1.82, 2.24) is 4.90 Å². The third-order valence-electron chi connectivity index (χ3n) is 4.37. The van der Waals surface area contributed by atoms with E-state index in [-0.39, 0.29) is 18.2 Å². The Morgan fingerprint density at radius 3 is 2.07 bits per heavy atom. The van der Waals surface area contributed by atoms with Gasteiger partial charge in [-0.15, -0.1) is 0 Å². The molecular formula is C22H27NO6. The first-order valence-electron chi connectivity index (χ1n) is 9.32. The molecule has 0 aliphatic heterocycles. The molecule has 1 amide bonds. The third kappa shape index (κ3) is 6.41. The summed E-state index contributed by atoms with van der Waals surface area (Å²) >= 11 is 0. The SMILES string of the molecule is COC(=O)CN(C(=O)Oc1ccc(OC)cc1)C(CC(C)C)c1ccc(O)cc1. The van der Waals surface area contributed by atoms with Gasteiger partial charge in [-0.1, -0.05) is 26.0 Å². The summed E-state index contributed by atoms with van der Waals surface area (Å²) in [6, 6.07) is 12.7. The molecule has 1 unspecified atom stereocenters. The second-order valence-electron chi connectivity index (χ2n) is 6.98. The fourth-order valence-electron chi connectivity index (χ4n) is 2.90. The van der Waals surface area contributed by atoms with Gasteiger partial charge in [0, 0.05) is 0 Å². The summed E-state index contributed by atoms with van der Waals surface area (Å²) in [6.07, 6.45) is -0.0706. The minimum atomic E-state index is -0.667.